The molecule has 0 aromatic heterocycles. The van der Waals surface area contributed by atoms with Crippen LogP contribution in [0.2, 0.25) is 0 Å². The van der Waals surface area contributed by atoms with E-state index in [4.69, 9.17) is 4.74 Å². The number of aliphatic hydroxyl groups is 1. The Morgan fingerprint density at radius 2 is 1.45 bits per heavy atom. The molecule has 1 saturated carbocycles. The van der Waals surface area contributed by atoms with Crippen LogP contribution in [0.1, 0.15) is 90.5 Å². The van der Waals surface area contributed by atoms with E-state index in [-0.39, 0.29) is 0 Å². The summed E-state index contributed by atoms with van der Waals surface area (Å²) in [5.41, 5.74) is 3.41. The second kappa shape index (κ2) is 11.2. The van der Waals surface area contributed by atoms with E-state index >= 15 is 0 Å². The molecule has 3 rings (SSSR count). The topological polar surface area (TPSA) is 29.5 Å². The van der Waals surface area contributed by atoms with Gasteiger partial charge in [0, 0.05) is 0 Å². The third-order valence-electron chi connectivity index (χ3n) is 6.99. The number of hydrogen-bond donors (Lipinski definition) is 1. The molecule has 31 heavy (non-hydrogen) atoms. The van der Waals surface area contributed by atoms with Crippen molar-refractivity contribution >= 4 is 0 Å². The normalized spacial score (nSPS) is 22.5. The maximum absolute atomic E-state index is 10.2. The molecule has 0 radical (unpaired) electrons. The van der Waals surface area contributed by atoms with Gasteiger partial charge in [-0.25, -0.2) is 0 Å². The van der Waals surface area contributed by atoms with E-state index in [0.29, 0.717) is 5.92 Å². The van der Waals surface area contributed by atoms with E-state index in [1.54, 1.807) is 0 Å². The van der Waals surface area contributed by atoms with Crippen LogP contribution in [0.15, 0.2) is 48.5 Å². The number of rotatable bonds is 10. The van der Waals surface area contributed by atoms with E-state index < -0.39 is 5.60 Å². The van der Waals surface area contributed by atoms with Crippen LogP contribution in [0.5, 0.6) is 5.75 Å². The summed E-state index contributed by atoms with van der Waals surface area (Å²) in [5.74, 6) is 3.08. The monoisotopic (exact) mass is 422 g/mol. The average Bonchev–Trinajstić information content (AvgIpc) is 2.74. The molecule has 0 saturated heterocycles. The lowest BCUT2D eigenvalue weighted by atomic mass is 9.77. The van der Waals surface area contributed by atoms with Crippen molar-refractivity contribution < 1.29 is 9.84 Å². The van der Waals surface area contributed by atoms with Crippen LogP contribution in [-0.2, 0) is 0 Å². The lowest BCUT2D eigenvalue weighted by molar-refractivity contribution is 0.0172. The lowest BCUT2D eigenvalue weighted by Crippen LogP contribution is -2.29. The van der Waals surface area contributed by atoms with Crippen LogP contribution in [0, 0.1) is 11.8 Å². The van der Waals surface area contributed by atoms with Gasteiger partial charge in [0.2, 0.25) is 0 Å². The highest BCUT2D eigenvalue weighted by atomic mass is 16.5. The smallest absolute Gasteiger partial charge is 0.119 e. The summed E-state index contributed by atoms with van der Waals surface area (Å²) in [7, 11) is 0. The Balaban J connectivity index is 1.45. The average molecular weight is 423 g/mol. The molecular formula is C29H42O2. The first-order valence-corrected chi connectivity index (χ1v) is 12.4. The van der Waals surface area contributed by atoms with Crippen molar-refractivity contribution in [3.8, 4) is 16.9 Å². The van der Waals surface area contributed by atoms with Crippen LogP contribution < -0.4 is 4.74 Å². The molecule has 2 aromatic rings. The summed E-state index contributed by atoms with van der Waals surface area (Å²) < 4.78 is 5.99. The second-order valence-electron chi connectivity index (χ2n) is 10.5. The third kappa shape index (κ3) is 7.68. The van der Waals surface area contributed by atoms with Crippen molar-refractivity contribution in [3.05, 3.63) is 54.1 Å². The summed E-state index contributed by atoms with van der Waals surface area (Å²) in [6, 6.07) is 17.5. The van der Waals surface area contributed by atoms with Gasteiger partial charge in [0.15, 0.2) is 0 Å². The zero-order valence-corrected chi connectivity index (χ0v) is 20.1. The van der Waals surface area contributed by atoms with E-state index in [0.717, 1.165) is 56.3 Å². The molecule has 0 heterocycles. The van der Waals surface area contributed by atoms with Gasteiger partial charge in [-0.2, -0.15) is 0 Å². The van der Waals surface area contributed by atoms with E-state index in [1.807, 2.05) is 6.92 Å². The van der Waals surface area contributed by atoms with Gasteiger partial charge in [-0.15, -0.1) is 0 Å². The largest absolute Gasteiger partial charge is 0.494 e. The summed E-state index contributed by atoms with van der Waals surface area (Å²) >= 11 is 0. The van der Waals surface area contributed by atoms with E-state index in [2.05, 4.69) is 69.3 Å². The Morgan fingerprint density at radius 3 is 2.03 bits per heavy atom. The standard InChI is InChI=1S/C29H42O2/c1-22(2)6-5-7-23(3)18-21-31-28-14-12-26(13-15-28)24-8-10-25(11-9-24)27-16-19-29(4,30)20-17-27/h8-15,22-23,27,30H,5-7,16-21H2,1-4H3. The molecule has 2 heteroatoms. The molecule has 1 aliphatic carbocycles. The lowest BCUT2D eigenvalue weighted by Gasteiger charge is -2.33. The molecule has 170 valence electrons. The molecule has 1 unspecified atom stereocenters. The van der Waals surface area contributed by atoms with Crippen molar-refractivity contribution in [2.45, 2.75) is 90.6 Å². The van der Waals surface area contributed by atoms with E-state index in [1.165, 1.54) is 36.0 Å². The van der Waals surface area contributed by atoms with Gasteiger partial charge >= 0.3 is 0 Å². The first-order valence-electron chi connectivity index (χ1n) is 12.4. The Morgan fingerprint density at radius 1 is 0.871 bits per heavy atom. The third-order valence-corrected chi connectivity index (χ3v) is 6.99. The highest BCUT2D eigenvalue weighted by molar-refractivity contribution is 5.64. The maximum Gasteiger partial charge on any atom is 0.119 e. The summed E-state index contributed by atoms with van der Waals surface area (Å²) in [5, 5.41) is 10.2. The molecule has 2 aromatic carbocycles. The van der Waals surface area contributed by atoms with Crippen LogP contribution in [0.25, 0.3) is 11.1 Å². The van der Waals surface area contributed by atoms with Crippen molar-refractivity contribution in [1.29, 1.82) is 0 Å². The zero-order chi connectivity index (χ0) is 22.3. The summed E-state index contributed by atoms with van der Waals surface area (Å²) in [6.07, 6.45) is 9.04. The van der Waals surface area contributed by atoms with Gasteiger partial charge in [-0.05, 0) is 85.6 Å². The fourth-order valence-electron chi connectivity index (χ4n) is 4.66. The van der Waals surface area contributed by atoms with Gasteiger partial charge in [0.1, 0.15) is 5.75 Å². The Kier molecular flexibility index (Phi) is 8.60. The van der Waals surface area contributed by atoms with Crippen LogP contribution in [-0.4, -0.2) is 17.3 Å². The van der Waals surface area contributed by atoms with Gasteiger partial charge in [0.05, 0.1) is 12.2 Å². The Bertz CT molecular complexity index is 763. The first-order chi connectivity index (χ1) is 14.8. The Labute approximate surface area is 190 Å². The fraction of sp³-hybridized carbons (Fsp3) is 0.586. The van der Waals surface area contributed by atoms with Crippen LogP contribution in [0.4, 0.5) is 0 Å². The zero-order valence-electron chi connectivity index (χ0n) is 20.1. The fourth-order valence-corrected chi connectivity index (χ4v) is 4.66. The van der Waals surface area contributed by atoms with Crippen molar-refractivity contribution in [1.82, 2.24) is 0 Å². The molecule has 2 nitrogen and oxygen atoms in total. The molecule has 0 aliphatic heterocycles. The molecule has 1 atom stereocenters. The molecule has 0 bridgehead atoms. The molecule has 1 aliphatic rings. The van der Waals surface area contributed by atoms with Gasteiger partial charge in [-0.3, -0.25) is 0 Å². The number of ether oxygens (including phenoxy) is 1. The number of benzene rings is 2. The minimum atomic E-state index is -0.466. The molecule has 1 fully saturated rings. The van der Waals surface area contributed by atoms with Gasteiger partial charge in [0.25, 0.3) is 0 Å². The quantitative estimate of drug-likeness (QED) is 0.420. The van der Waals surface area contributed by atoms with Gasteiger partial charge < -0.3 is 9.84 Å². The summed E-state index contributed by atoms with van der Waals surface area (Å²) in [4.78, 5) is 0. The van der Waals surface area contributed by atoms with Crippen LogP contribution in [0.3, 0.4) is 0 Å². The predicted octanol–water partition coefficient (Wildman–Crippen LogP) is 7.99. The molecule has 1 N–H and O–H groups in total. The Hall–Kier alpha value is -1.80. The maximum atomic E-state index is 10.2. The minimum Gasteiger partial charge on any atom is -0.494 e. The highest BCUT2D eigenvalue weighted by Gasteiger charge is 2.29. The van der Waals surface area contributed by atoms with Crippen molar-refractivity contribution in [2.24, 2.45) is 11.8 Å². The van der Waals surface area contributed by atoms with Crippen molar-refractivity contribution in [3.63, 3.8) is 0 Å². The SMILES string of the molecule is CC(C)CCCC(C)CCOc1ccc(-c2ccc(C3CCC(C)(O)CC3)cc2)cc1. The number of hydrogen-bond acceptors (Lipinski definition) is 2. The predicted molar refractivity (Wildman–Crippen MR) is 132 cm³/mol. The van der Waals surface area contributed by atoms with Crippen LogP contribution >= 0.6 is 0 Å². The second-order valence-corrected chi connectivity index (χ2v) is 10.5. The highest BCUT2D eigenvalue weighted by Crippen LogP contribution is 2.38. The minimum absolute atomic E-state index is 0.466. The molecule has 0 spiro atoms. The van der Waals surface area contributed by atoms with Crippen molar-refractivity contribution in [2.75, 3.05) is 6.61 Å². The first kappa shape index (κ1) is 23.9. The van der Waals surface area contributed by atoms with E-state index in [9.17, 15) is 5.11 Å². The molecule has 0 amide bonds. The molecular weight excluding hydrogens is 380 g/mol. The summed E-state index contributed by atoms with van der Waals surface area (Å²) in [6.45, 7) is 9.70. The van der Waals surface area contributed by atoms with Gasteiger partial charge in [-0.1, -0.05) is 76.4 Å².